The summed E-state index contributed by atoms with van der Waals surface area (Å²) in [5.74, 6) is -0.373. The normalized spacial score (nSPS) is 9.25. The molecule has 0 aliphatic carbocycles. The number of fused-ring (bicyclic) bond motifs is 1. The first-order valence-electron chi connectivity index (χ1n) is 4.62. The fraction of sp³-hybridized carbons (Fsp3) is 0. The molecule has 0 aliphatic heterocycles. The number of carbonyl (C=O) groups is 1. The Morgan fingerprint density at radius 3 is 2.56 bits per heavy atom. The maximum atomic E-state index is 11.6. The molecule has 0 N–H and O–H groups in total. The summed E-state index contributed by atoms with van der Waals surface area (Å²) in [6, 6.07) is 13.2. The molecule has 0 aliphatic rings. The van der Waals surface area contributed by atoms with Gasteiger partial charge in [-0.3, -0.25) is 0 Å². The van der Waals surface area contributed by atoms with Crippen molar-refractivity contribution >= 4 is 46.3 Å². The maximum Gasteiger partial charge on any atom is 0.343 e. The molecule has 2 rings (SSSR count). The number of benzene rings is 2. The Labute approximate surface area is 116 Å². The van der Waals surface area contributed by atoms with Crippen molar-refractivity contribution in [2.24, 2.45) is 0 Å². The van der Waals surface area contributed by atoms with Crippen LogP contribution in [0.5, 0.6) is 0 Å². The Kier molecular flexibility index (Phi) is 4.74. The van der Waals surface area contributed by atoms with Gasteiger partial charge in [-0.05, 0) is 16.8 Å². The van der Waals surface area contributed by atoms with Gasteiger partial charge in [0, 0.05) is 29.6 Å². The summed E-state index contributed by atoms with van der Waals surface area (Å²) >= 11 is 0. The van der Waals surface area contributed by atoms with Gasteiger partial charge in [-0.25, -0.2) is 4.79 Å². The van der Waals surface area contributed by atoms with Gasteiger partial charge in [0.05, 0.1) is 11.8 Å². The summed E-state index contributed by atoms with van der Waals surface area (Å²) in [6.45, 7) is 3.36. The number of rotatable bonds is 2. The largest absolute Gasteiger partial charge is 0.432 e. The third kappa shape index (κ3) is 2.53. The van der Waals surface area contributed by atoms with Crippen LogP contribution in [-0.4, -0.2) is 35.5 Å². The smallest absolute Gasteiger partial charge is 0.343 e. The van der Waals surface area contributed by atoms with Crippen LogP contribution in [0, 0.1) is 0 Å². The summed E-state index contributed by atoms with van der Waals surface area (Å²) in [5, 5.41) is 1.92. The SMILES string of the molecule is C=COC(=O)c1cccc2ccccc12.[Na]. The fourth-order valence-corrected chi connectivity index (χ4v) is 1.54. The van der Waals surface area contributed by atoms with Gasteiger partial charge in [-0.2, -0.15) is 0 Å². The van der Waals surface area contributed by atoms with Crippen molar-refractivity contribution in [2.75, 3.05) is 0 Å². The van der Waals surface area contributed by atoms with E-state index in [9.17, 15) is 4.79 Å². The van der Waals surface area contributed by atoms with Crippen LogP contribution in [0.1, 0.15) is 10.4 Å². The van der Waals surface area contributed by atoms with Gasteiger partial charge in [0.1, 0.15) is 0 Å². The van der Waals surface area contributed by atoms with Crippen LogP contribution in [0.4, 0.5) is 0 Å². The fourth-order valence-electron chi connectivity index (χ4n) is 1.54. The Bertz CT molecular complexity index is 515. The van der Waals surface area contributed by atoms with E-state index >= 15 is 0 Å². The van der Waals surface area contributed by atoms with Crippen LogP contribution >= 0.6 is 0 Å². The predicted octanol–water partition coefficient (Wildman–Crippen LogP) is 2.76. The van der Waals surface area contributed by atoms with E-state index in [0.717, 1.165) is 17.0 Å². The third-order valence-electron chi connectivity index (χ3n) is 2.20. The van der Waals surface area contributed by atoms with Gasteiger partial charge < -0.3 is 4.74 Å². The van der Waals surface area contributed by atoms with Gasteiger partial charge in [-0.15, -0.1) is 0 Å². The molecule has 2 aromatic carbocycles. The topological polar surface area (TPSA) is 26.3 Å². The van der Waals surface area contributed by atoms with Gasteiger partial charge >= 0.3 is 5.97 Å². The average molecular weight is 221 g/mol. The molecule has 0 bridgehead atoms. The molecule has 3 heteroatoms. The molecule has 0 aromatic heterocycles. The van der Waals surface area contributed by atoms with Crippen molar-refractivity contribution in [3.63, 3.8) is 0 Å². The van der Waals surface area contributed by atoms with Crippen LogP contribution in [0.3, 0.4) is 0 Å². The molecule has 0 unspecified atom stereocenters. The van der Waals surface area contributed by atoms with Gasteiger partial charge in [0.2, 0.25) is 0 Å². The predicted molar refractivity (Wildman–Crippen MR) is 65.3 cm³/mol. The van der Waals surface area contributed by atoms with Crippen LogP contribution in [0.25, 0.3) is 10.8 Å². The van der Waals surface area contributed by atoms with E-state index in [-0.39, 0.29) is 35.5 Å². The molecular weight excluding hydrogens is 211 g/mol. The van der Waals surface area contributed by atoms with Crippen LogP contribution in [0.15, 0.2) is 55.3 Å². The Hall–Kier alpha value is -1.09. The van der Waals surface area contributed by atoms with E-state index in [2.05, 4.69) is 6.58 Å². The third-order valence-corrected chi connectivity index (χ3v) is 2.20. The minimum Gasteiger partial charge on any atom is -0.432 e. The van der Waals surface area contributed by atoms with E-state index in [0.29, 0.717) is 5.56 Å². The van der Waals surface area contributed by atoms with Crippen molar-refractivity contribution in [2.45, 2.75) is 0 Å². The molecule has 0 fully saturated rings. The monoisotopic (exact) mass is 221 g/mol. The molecule has 2 aromatic rings. The van der Waals surface area contributed by atoms with Crippen molar-refractivity contribution < 1.29 is 9.53 Å². The quantitative estimate of drug-likeness (QED) is 0.443. The number of hydrogen-bond acceptors (Lipinski definition) is 2. The molecule has 0 amide bonds. The number of esters is 1. The molecule has 0 saturated carbocycles. The molecule has 0 heterocycles. The van der Waals surface area contributed by atoms with Crippen LogP contribution in [0.2, 0.25) is 0 Å². The summed E-state index contributed by atoms with van der Waals surface area (Å²) < 4.78 is 4.76. The summed E-state index contributed by atoms with van der Waals surface area (Å²) in [4.78, 5) is 11.6. The molecule has 1 radical (unpaired) electrons. The minimum atomic E-state index is -0.373. The van der Waals surface area contributed by atoms with Crippen molar-refractivity contribution in [1.82, 2.24) is 0 Å². The summed E-state index contributed by atoms with van der Waals surface area (Å²) in [7, 11) is 0. The zero-order valence-corrected chi connectivity index (χ0v) is 11.1. The van der Waals surface area contributed by atoms with E-state index in [1.807, 2.05) is 36.4 Å². The van der Waals surface area contributed by atoms with Crippen molar-refractivity contribution in [1.29, 1.82) is 0 Å². The van der Waals surface area contributed by atoms with Crippen LogP contribution in [-0.2, 0) is 4.74 Å². The molecule has 0 atom stereocenters. The number of hydrogen-bond donors (Lipinski definition) is 0. The average Bonchev–Trinajstić information content (AvgIpc) is 2.28. The Morgan fingerprint density at radius 1 is 1.12 bits per heavy atom. The maximum absolute atomic E-state index is 11.6. The first kappa shape index (κ1) is 13.0. The molecule has 16 heavy (non-hydrogen) atoms. The molecule has 2 nitrogen and oxygen atoms in total. The first-order valence-corrected chi connectivity index (χ1v) is 4.62. The Balaban J connectivity index is 0.00000128. The van der Waals surface area contributed by atoms with Crippen molar-refractivity contribution in [3.05, 3.63) is 60.9 Å². The molecule has 75 valence electrons. The number of carbonyl (C=O) groups excluding carboxylic acids is 1. The van der Waals surface area contributed by atoms with Gasteiger partial charge in [0.25, 0.3) is 0 Å². The van der Waals surface area contributed by atoms with E-state index in [1.54, 1.807) is 6.07 Å². The second-order valence-corrected chi connectivity index (χ2v) is 3.10. The zero-order chi connectivity index (χ0) is 10.7. The van der Waals surface area contributed by atoms with E-state index in [1.165, 1.54) is 0 Å². The molecule has 0 spiro atoms. The summed E-state index contributed by atoms with van der Waals surface area (Å²) in [5.41, 5.74) is 0.563. The van der Waals surface area contributed by atoms with Crippen LogP contribution < -0.4 is 0 Å². The zero-order valence-electron chi connectivity index (χ0n) is 9.14. The standard InChI is InChI=1S/C13H10O2.Na/c1-2-15-13(14)12-9-5-7-10-6-3-4-8-11(10)12;/h2-9H,1H2;. The minimum absolute atomic E-state index is 0. The second kappa shape index (κ2) is 5.85. The number of ether oxygens (including phenoxy) is 1. The Morgan fingerprint density at radius 2 is 1.81 bits per heavy atom. The van der Waals surface area contributed by atoms with E-state index < -0.39 is 0 Å². The first-order chi connectivity index (χ1) is 7.33. The van der Waals surface area contributed by atoms with Crippen molar-refractivity contribution in [3.8, 4) is 0 Å². The van der Waals surface area contributed by atoms with E-state index in [4.69, 9.17) is 4.74 Å². The second-order valence-electron chi connectivity index (χ2n) is 3.10. The van der Waals surface area contributed by atoms with Gasteiger partial charge in [-0.1, -0.05) is 43.0 Å². The summed E-state index contributed by atoms with van der Waals surface area (Å²) in [6.07, 6.45) is 1.14. The molecule has 0 saturated heterocycles. The van der Waals surface area contributed by atoms with Gasteiger partial charge in [0.15, 0.2) is 0 Å². The molecular formula is C13H10NaO2.